The molecule has 142 valence electrons. The molecule has 1 fully saturated rings. The number of para-hydroxylation sites is 1. The molecule has 2 aliphatic rings. The molecule has 0 spiro atoms. The lowest BCUT2D eigenvalue weighted by molar-refractivity contribution is 0.0994. The van der Waals surface area contributed by atoms with Crippen LogP contribution in [0.25, 0.3) is 0 Å². The number of benzene rings is 1. The second-order valence-electron chi connectivity index (χ2n) is 7.60. The lowest BCUT2D eigenvalue weighted by Gasteiger charge is -2.28. The second kappa shape index (κ2) is 6.85. The van der Waals surface area contributed by atoms with Gasteiger partial charge in [0.25, 0.3) is 5.91 Å². The van der Waals surface area contributed by atoms with Crippen molar-refractivity contribution in [3.63, 3.8) is 0 Å². The molecule has 2 aromatic rings. The smallest absolute Gasteiger partial charge is 0.260 e. The number of nitrogens with one attached hydrogen (secondary N) is 1. The van der Waals surface area contributed by atoms with E-state index in [2.05, 4.69) is 15.2 Å². The van der Waals surface area contributed by atoms with Crippen molar-refractivity contribution >= 4 is 28.8 Å². The summed E-state index contributed by atoms with van der Waals surface area (Å²) >= 11 is 0. The minimum absolute atomic E-state index is 0.0249. The molecule has 1 aliphatic heterocycles. The van der Waals surface area contributed by atoms with E-state index in [4.69, 9.17) is 0 Å². The van der Waals surface area contributed by atoms with Crippen LogP contribution in [0.5, 0.6) is 0 Å². The van der Waals surface area contributed by atoms with Gasteiger partial charge >= 0.3 is 0 Å². The Morgan fingerprint density at radius 3 is 2.59 bits per heavy atom. The third-order valence-electron chi connectivity index (χ3n) is 5.74. The number of fused-ring (bicyclic) bond motifs is 2. The van der Waals surface area contributed by atoms with Crippen LogP contribution in [0.4, 0.5) is 22.9 Å². The fraction of sp³-hybridized carbons (Fsp3) is 0.429. The zero-order chi connectivity index (χ0) is 19.1. The number of hydrogen-bond donors (Lipinski definition) is 2. The number of aromatic nitrogens is 1. The number of aryl methyl sites for hydroxylation is 1. The van der Waals surface area contributed by atoms with Crippen LogP contribution in [-0.4, -0.2) is 42.2 Å². The highest BCUT2D eigenvalue weighted by Gasteiger charge is 2.29. The minimum Gasteiger partial charge on any atom is -0.393 e. The first-order valence-corrected chi connectivity index (χ1v) is 9.51. The second-order valence-corrected chi connectivity index (χ2v) is 7.60. The third kappa shape index (κ3) is 3.14. The summed E-state index contributed by atoms with van der Waals surface area (Å²) in [5.74, 6) is 0.781. The van der Waals surface area contributed by atoms with Crippen molar-refractivity contribution in [2.45, 2.75) is 44.8 Å². The summed E-state index contributed by atoms with van der Waals surface area (Å²) in [6.45, 7) is 2.03. The Bertz CT molecular complexity index is 874. The summed E-state index contributed by atoms with van der Waals surface area (Å²) in [4.78, 5) is 21.3. The number of nitrogens with zero attached hydrogens (tertiary/aromatic N) is 3. The number of anilines is 4. The van der Waals surface area contributed by atoms with Gasteiger partial charge in [0.1, 0.15) is 5.82 Å². The summed E-state index contributed by atoms with van der Waals surface area (Å²) < 4.78 is 0. The molecule has 4 rings (SSSR count). The van der Waals surface area contributed by atoms with Crippen LogP contribution in [0, 0.1) is 6.92 Å². The van der Waals surface area contributed by atoms with E-state index in [1.165, 1.54) is 0 Å². The number of rotatable bonds is 2. The summed E-state index contributed by atoms with van der Waals surface area (Å²) in [6.07, 6.45) is 5.13. The first-order valence-electron chi connectivity index (χ1n) is 9.51. The van der Waals surface area contributed by atoms with Gasteiger partial charge in [-0.15, -0.1) is 0 Å². The van der Waals surface area contributed by atoms with Crippen molar-refractivity contribution in [1.82, 2.24) is 4.98 Å². The Morgan fingerprint density at radius 2 is 1.85 bits per heavy atom. The van der Waals surface area contributed by atoms with Crippen LogP contribution in [0.2, 0.25) is 0 Å². The standard InChI is InChI=1S/C21H26N4O2/c1-13-5-4-6-16-20(13)24(2)17-11-19(22-12-18(17)25(3)21(16)27)23-14-7-9-15(26)10-8-14/h4-6,11-12,14-15,26H,7-10H2,1-3H3,(H,22,23)/t14-,15-. The topological polar surface area (TPSA) is 68.7 Å². The number of carbonyl (C=O) groups excluding carboxylic acids is 1. The zero-order valence-electron chi connectivity index (χ0n) is 16.1. The lowest BCUT2D eigenvalue weighted by atomic mass is 9.93. The SMILES string of the molecule is Cc1cccc2c1N(C)c1cc(N[C@H]3CC[C@H](O)CC3)ncc1N(C)C2=O. The molecule has 27 heavy (non-hydrogen) atoms. The van der Waals surface area contributed by atoms with E-state index >= 15 is 0 Å². The van der Waals surface area contributed by atoms with Crippen molar-refractivity contribution < 1.29 is 9.90 Å². The molecule has 2 heterocycles. The largest absolute Gasteiger partial charge is 0.393 e. The van der Waals surface area contributed by atoms with E-state index in [0.29, 0.717) is 11.6 Å². The van der Waals surface area contributed by atoms with E-state index < -0.39 is 0 Å². The molecule has 0 unspecified atom stereocenters. The van der Waals surface area contributed by atoms with Crippen molar-refractivity contribution in [2.24, 2.45) is 0 Å². The highest BCUT2D eigenvalue weighted by Crippen LogP contribution is 2.41. The predicted molar refractivity (Wildman–Crippen MR) is 108 cm³/mol. The lowest BCUT2D eigenvalue weighted by Crippen LogP contribution is -2.29. The van der Waals surface area contributed by atoms with Gasteiger partial charge in [-0.3, -0.25) is 4.79 Å². The molecule has 1 aromatic carbocycles. The minimum atomic E-state index is -0.173. The van der Waals surface area contributed by atoms with Crippen LogP contribution in [0.15, 0.2) is 30.5 Å². The number of carbonyl (C=O) groups is 1. The monoisotopic (exact) mass is 366 g/mol. The van der Waals surface area contributed by atoms with Crippen molar-refractivity contribution in [2.75, 3.05) is 29.2 Å². The summed E-state index contributed by atoms with van der Waals surface area (Å²) in [5.41, 5.74) is 4.45. The van der Waals surface area contributed by atoms with Crippen LogP contribution in [0.3, 0.4) is 0 Å². The third-order valence-corrected chi connectivity index (χ3v) is 5.74. The Morgan fingerprint density at radius 1 is 1.11 bits per heavy atom. The number of amides is 1. The molecule has 1 saturated carbocycles. The van der Waals surface area contributed by atoms with Gasteiger partial charge in [-0.1, -0.05) is 12.1 Å². The number of aliphatic hydroxyl groups is 1. The highest BCUT2D eigenvalue weighted by atomic mass is 16.3. The highest BCUT2D eigenvalue weighted by molar-refractivity contribution is 6.14. The van der Waals surface area contributed by atoms with Crippen LogP contribution >= 0.6 is 0 Å². The quantitative estimate of drug-likeness (QED) is 0.852. The molecule has 0 bridgehead atoms. The molecule has 2 N–H and O–H groups in total. The Balaban J connectivity index is 1.71. The predicted octanol–water partition coefficient (Wildman–Crippen LogP) is 3.46. The first-order chi connectivity index (χ1) is 13.0. The van der Waals surface area contributed by atoms with Gasteiger partial charge in [-0.25, -0.2) is 4.98 Å². The average molecular weight is 366 g/mol. The van der Waals surface area contributed by atoms with Crippen LogP contribution in [-0.2, 0) is 0 Å². The Hall–Kier alpha value is -2.60. The number of pyridine rings is 1. The van der Waals surface area contributed by atoms with Gasteiger partial charge < -0.3 is 20.2 Å². The fourth-order valence-corrected chi connectivity index (χ4v) is 4.16. The van der Waals surface area contributed by atoms with E-state index in [1.54, 1.807) is 18.1 Å². The van der Waals surface area contributed by atoms with E-state index in [9.17, 15) is 9.90 Å². The normalized spacial score (nSPS) is 22.1. The fourth-order valence-electron chi connectivity index (χ4n) is 4.16. The van der Waals surface area contributed by atoms with E-state index in [-0.39, 0.29) is 12.0 Å². The molecule has 6 heteroatoms. The first kappa shape index (κ1) is 17.8. The summed E-state index contributed by atoms with van der Waals surface area (Å²) in [7, 11) is 3.79. The zero-order valence-corrected chi connectivity index (χ0v) is 16.1. The maximum Gasteiger partial charge on any atom is 0.260 e. The molecule has 1 aliphatic carbocycles. The van der Waals surface area contributed by atoms with Gasteiger partial charge in [-0.2, -0.15) is 0 Å². The van der Waals surface area contributed by atoms with E-state index in [1.807, 2.05) is 38.2 Å². The Kier molecular flexibility index (Phi) is 4.52. The molecule has 6 nitrogen and oxygen atoms in total. The average Bonchev–Trinajstić information content (AvgIpc) is 2.74. The van der Waals surface area contributed by atoms with Gasteiger partial charge in [0.05, 0.1) is 34.9 Å². The summed E-state index contributed by atoms with van der Waals surface area (Å²) in [6, 6.07) is 8.17. The van der Waals surface area contributed by atoms with E-state index in [0.717, 1.165) is 54.1 Å². The Labute approximate surface area is 159 Å². The van der Waals surface area contributed by atoms with Gasteiger partial charge in [-0.05, 0) is 44.2 Å². The maximum atomic E-state index is 13.0. The van der Waals surface area contributed by atoms with Crippen molar-refractivity contribution in [1.29, 1.82) is 0 Å². The van der Waals surface area contributed by atoms with Gasteiger partial charge in [0, 0.05) is 26.2 Å². The van der Waals surface area contributed by atoms with Crippen LogP contribution in [0.1, 0.15) is 41.6 Å². The van der Waals surface area contributed by atoms with Crippen molar-refractivity contribution in [3.05, 3.63) is 41.6 Å². The molecule has 1 amide bonds. The molecular formula is C21H26N4O2. The van der Waals surface area contributed by atoms with Gasteiger partial charge in [0.2, 0.25) is 0 Å². The molecular weight excluding hydrogens is 340 g/mol. The molecule has 0 saturated heterocycles. The number of hydrogen-bond acceptors (Lipinski definition) is 5. The molecule has 1 aromatic heterocycles. The van der Waals surface area contributed by atoms with Crippen LogP contribution < -0.4 is 15.1 Å². The summed E-state index contributed by atoms with van der Waals surface area (Å²) in [5, 5.41) is 13.2. The number of aliphatic hydroxyl groups excluding tert-OH is 1. The molecule has 0 atom stereocenters. The molecule has 0 radical (unpaired) electrons. The van der Waals surface area contributed by atoms with Crippen molar-refractivity contribution in [3.8, 4) is 0 Å². The van der Waals surface area contributed by atoms with Gasteiger partial charge in [0.15, 0.2) is 0 Å². The maximum absolute atomic E-state index is 13.0.